The van der Waals surface area contributed by atoms with Gasteiger partial charge in [-0.15, -0.1) is 0 Å². The average molecular weight is 320 g/mol. The summed E-state index contributed by atoms with van der Waals surface area (Å²) in [4.78, 5) is 21.3. The van der Waals surface area contributed by atoms with E-state index in [1.165, 1.54) is 6.26 Å². The minimum atomic E-state index is -1.51. The van der Waals surface area contributed by atoms with Gasteiger partial charge in [-0.05, 0) is 12.5 Å². The van der Waals surface area contributed by atoms with Gasteiger partial charge < -0.3 is 5.32 Å². The predicted octanol–water partition coefficient (Wildman–Crippen LogP) is 1.76. The summed E-state index contributed by atoms with van der Waals surface area (Å²) in [6.45, 7) is 1.76. The Kier molecular flexibility index (Phi) is 5.89. The topological polar surface area (TPSA) is 89.3 Å². The maximum Gasteiger partial charge on any atom is 0.305 e. The zero-order valence-electron chi connectivity index (χ0n) is 11.4. The highest BCUT2D eigenvalue weighted by Crippen LogP contribution is 2.22. The summed E-state index contributed by atoms with van der Waals surface area (Å²) >= 11 is 0. The summed E-state index contributed by atoms with van der Waals surface area (Å²) in [6.07, 6.45) is 1.86. The zero-order chi connectivity index (χ0) is 16.2. The van der Waals surface area contributed by atoms with Crippen LogP contribution in [0.1, 0.15) is 23.7 Å². The molecule has 0 bridgehead atoms. The lowest BCUT2D eigenvalue weighted by molar-refractivity contribution is -0.387. The number of benzene rings is 1. The Morgan fingerprint density at radius 3 is 2.62 bits per heavy atom. The molecule has 0 aliphatic rings. The van der Waals surface area contributed by atoms with Crippen LogP contribution in [0.4, 0.5) is 14.5 Å². The van der Waals surface area contributed by atoms with Crippen molar-refractivity contribution in [1.29, 1.82) is 0 Å². The van der Waals surface area contributed by atoms with Gasteiger partial charge >= 0.3 is 5.69 Å². The molecule has 1 rings (SSSR count). The lowest BCUT2D eigenvalue weighted by Crippen LogP contribution is -2.29. The Morgan fingerprint density at radius 2 is 2.10 bits per heavy atom. The number of carbonyl (C=O) groups excluding carboxylic acids is 1. The number of nitro benzene ring substituents is 1. The Morgan fingerprint density at radius 1 is 1.48 bits per heavy atom. The van der Waals surface area contributed by atoms with E-state index in [9.17, 15) is 27.9 Å². The van der Waals surface area contributed by atoms with Crippen molar-refractivity contribution < 1.29 is 22.7 Å². The lowest BCUT2D eigenvalue weighted by atomic mass is 10.1. The van der Waals surface area contributed by atoms with E-state index < -0.39 is 44.5 Å². The molecule has 0 saturated heterocycles. The molecule has 0 radical (unpaired) electrons. The number of nitrogens with one attached hydrogen (secondary N) is 1. The molecule has 116 valence electrons. The van der Waals surface area contributed by atoms with Gasteiger partial charge in [-0.2, -0.15) is 4.39 Å². The van der Waals surface area contributed by atoms with E-state index in [0.29, 0.717) is 18.6 Å². The van der Waals surface area contributed by atoms with E-state index in [0.717, 1.165) is 0 Å². The SMILES string of the molecule is CC(CCNC(=O)c1c(F)ccc([N+](=O)[O-])c1F)S(C)=O. The fraction of sp³-hybridized carbons (Fsp3) is 0.417. The summed E-state index contributed by atoms with van der Waals surface area (Å²) < 4.78 is 38.4. The first-order valence-corrected chi connectivity index (χ1v) is 7.60. The number of hydrogen-bond acceptors (Lipinski definition) is 4. The van der Waals surface area contributed by atoms with Crippen molar-refractivity contribution in [3.63, 3.8) is 0 Å². The standard InChI is InChI=1S/C12H14F2N2O4S/c1-7(21(2)20)5-6-15-12(17)10-8(13)3-4-9(11(10)14)16(18)19/h3-4,7H,5-6H2,1-2H3,(H,15,17). The maximum absolute atomic E-state index is 13.8. The molecule has 1 amide bonds. The van der Waals surface area contributed by atoms with Crippen LogP contribution < -0.4 is 5.32 Å². The molecule has 0 fully saturated rings. The fourth-order valence-corrected chi connectivity index (χ4v) is 1.98. The van der Waals surface area contributed by atoms with Crippen molar-refractivity contribution in [2.24, 2.45) is 0 Å². The third kappa shape index (κ3) is 4.28. The van der Waals surface area contributed by atoms with E-state index >= 15 is 0 Å². The number of nitro groups is 1. The van der Waals surface area contributed by atoms with Gasteiger partial charge in [0.2, 0.25) is 5.82 Å². The van der Waals surface area contributed by atoms with E-state index in [-0.39, 0.29) is 11.8 Å². The van der Waals surface area contributed by atoms with Crippen LogP contribution >= 0.6 is 0 Å². The maximum atomic E-state index is 13.8. The number of rotatable bonds is 6. The van der Waals surface area contributed by atoms with Crippen LogP contribution in [-0.4, -0.2) is 33.1 Å². The van der Waals surface area contributed by atoms with Gasteiger partial charge in [-0.1, -0.05) is 6.92 Å². The first-order chi connectivity index (χ1) is 9.75. The largest absolute Gasteiger partial charge is 0.352 e. The monoisotopic (exact) mass is 320 g/mol. The number of carbonyl (C=O) groups is 1. The van der Waals surface area contributed by atoms with E-state index in [1.54, 1.807) is 6.92 Å². The molecule has 1 aromatic carbocycles. The highest BCUT2D eigenvalue weighted by atomic mass is 32.2. The van der Waals surface area contributed by atoms with Crippen molar-refractivity contribution in [2.45, 2.75) is 18.6 Å². The molecule has 1 N–H and O–H groups in total. The van der Waals surface area contributed by atoms with Gasteiger partial charge in [-0.3, -0.25) is 19.1 Å². The second-order valence-corrected chi connectivity index (χ2v) is 6.17. The molecule has 9 heteroatoms. The van der Waals surface area contributed by atoms with Crippen LogP contribution in [0.25, 0.3) is 0 Å². The Bertz CT molecular complexity index is 595. The normalized spacial score (nSPS) is 13.5. The number of halogens is 2. The van der Waals surface area contributed by atoms with Gasteiger partial charge in [0.1, 0.15) is 11.4 Å². The molecule has 0 saturated carbocycles. The van der Waals surface area contributed by atoms with Crippen LogP contribution in [0.5, 0.6) is 0 Å². The van der Waals surface area contributed by atoms with Crippen molar-refractivity contribution in [3.05, 3.63) is 39.4 Å². The Balaban J connectivity index is 2.85. The molecular formula is C12H14F2N2O4S. The molecule has 0 aliphatic heterocycles. The zero-order valence-corrected chi connectivity index (χ0v) is 12.2. The van der Waals surface area contributed by atoms with Crippen molar-refractivity contribution in [1.82, 2.24) is 5.32 Å². The van der Waals surface area contributed by atoms with Crippen LogP contribution in [0, 0.1) is 21.7 Å². The molecule has 0 spiro atoms. The predicted molar refractivity (Wildman–Crippen MR) is 73.5 cm³/mol. The Hall–Kier alpha value is -1.90. The minimum absolute atomic E-state index is 0.0567. The molecule has 2 unspecified atom stereocenters. The van der Waals surface area contributed by atoms with Crippen molar-refractivity contribution in [3.8, 4) is 0 Å². The summed E-state index contributed by atoms with van der Waals surface area (Å²) in [5, 5.41) is 12.6. The molecule has 1 aromatic rings. The summed E-state index contributed by atoms with van der Waals surface area (Å²) in [5.41, 5.74) is -1.96. The first kappa shape index (κ1) is 17.2. The quantitative estimate of drug-likeness (QED) is 0.639. The van der Waals surface area contributed by atoms with E-state index in [1.807, 2.05) is 0 Å². The average Bonchev–Trinajstić information content (AvgIpc) is 2.37. The molecular weight excluding hydrogens is 306 g/mol. The summed E-state index contributed by atoms with van der Waals surface area (Å²) in [7, 11) is -1.08. The highest BCUT2D eigenvalue weighted by molar-refractivity contribution is 7.84. The third-order valence-electron chi connectivity index (χ3n) is 2.90. The Labute approximate surface area is 122 Å². The smallest absolute Gasteiger partial charge is 0.305 e. The fourth-order valence-electron chi connectivity index (χ4n) is 1.53. The second-order valence-electron chi connectivity index (χ2n) is 4.37. The molecule has 0 heterocycles. The lowest BCUT2D eigenvalue weighted by Gasteiger charge is -2.10. The van der Waals surface area contributed by atoms with Gasteiger partial charge in [-0.25, -0.2) is 4.39 Å². The van der Waals surface area contributed by atoms with Crippen LogP contribution in [-0.2, 0) is 10.8 Å². The van der Waals surface area contributed by atoms with Crippen LogP contribution in [0.2, 0.25) is 0 Å². The summed E-state index contributed by atoms with van der Waals surface area (Å²) in [5.74, 6) is -3.77. The van der Waals surface area contributed by atoms with Gasteiger partial charge in [0, 0.05) is 34.9 Å². The number of amides is 1. The highest BCUT2D eigenvalue weighted by Gasteiger charge is 2.26. The molecule has 2 atom stereocenters. The van der Waals surface area contributed by atoms with E-state index in [2.05, 4.69) is 5.32 Å². The number of hydrogen-bond donors (Lipinski definition) is 1. The minimum Gasteiger partial charge on any atom is -0.352 e. The molecule has 21 heavy (non-hydrogen) atoms. The van der Waals surface area contributed by atoms with Crippen LogP contribution in [0.15, 0.2) is 12.1 Å². The van der Waals surface area contributed by atoms with Crippen molar-refractivity contribution in [2.75, 3.05) is 12.8 Å². The van der Waals surface area contributed by atoms with Crippen molar-refractivity contribution >= 4 is 22.4 Å². The van der Waals surface area contributed by atoms with Gasteiger partial charge in [0.15, 0.2) is 0 Å². The number of nitrogens with zero attached hydrogens (tertiary/aromatic N) is 1. The molecule has 0 aromatic heterocycles. The van der Waals surface area contributed by atoms with Crippen LogP contribution in [0.3, 0.4) is 0 Å². The van der Waals surface area contributed by atoms with Gasteiger partial charge in [0.05, 0.1) is 4.92 Å². The molecule has 0 aliphatic carbocycles. The second kappa shape index (κ2) is 7.21. The first-order valence-electron chi connectivity index (χ1n) is 5.98. The molecule has 6 nitrogen and oxygen atoms in total. The third-order valence-corrected chi connectivity index (χ3v) is 4.27. The van der Waals surface area contributed by atoms with E-state index in [4.69, 9.17) is 0 Å². The summed E-state index contributed by atoms with van der Waals surface area (Å²) in [6, 6.07) is 1.32. The van der Waals surface area contributed by atoms with Gasteiger partial charge in [0.25, 0.3) is 5.91 Å².